The van der Waals surface area contributed by atoms with Crippen molar-refractivity contribution in [2.75, 3.05) is 18.0 Å². The van der Waals surface area contributed by atoms with Gasteiger partial charge in [-0.1, -0.05) is 28.5 Å². The number of cyclic esters (lactones) is 1. The van der Waals surface area contributed by atoms with Gasteiger partial charge in [-0.05, 0) is 44.4 Å². The number of rotatable bonds is 11. The Morgan fingerprint density at radius 3 is 2.60 bits per heavy atom. The summed E-state index contributed by atoms with van der Waals surface area (Å²) in [5.41, 5.74) is 6.06. The molecule has 48 heavy (non-hydrogen) atoms. The third kappa shape index (κ3) is 5.98. The molecule has 0 spiro atoms. The van der Waals surface area contributed by atoms with Gasteiger partial charge in [-0.15, -0.1) is 0 Å². The average Bonchev–Trinajstić information content (AvgIpc) is 3.58. The van der Waals surface area contributed by atoms with Gasteiger partial charge >= 0.3 is 5.97 Å². The van der Waals surface area contributed by atoms with E-state index in [1.54, 1.807) is 23.8 Å². The van der Waals surface area contributed by atoms with E-state index in [1.807, 2.05) is 13.8 Å². The van der Waals surface area contributed by atoms with Crippen LogP contribution in [0.5, 0.6) is 0 Å². The number of hydrogen-bond acceptors (Lipinski definition) is 11. The molecule has 0 fully saturated rings. The van der Waals surface area contributed by atoms with Gasteiger partial charge in [0.2, 0.25) is 5.91 Å². The van der Waals surface area contributed by atoms with Gasteiger partial charge in [0.15, 0.2) is 5.60 Å². The van der Waals surface area contributed by atoms with E-state index < -0.39 is 22.9 Å². The summed E-state index contributed by atoms with van der Waals surface area (Å²) >= 11 is 0. The number of hydrogen-bond donors (Lipinski definition) is 3. The Morgan fingerprint density at radius 2 is 1.90 bits per heavy atom. The highest BCUT2D eigenvalue weighted by Crippen LogP contribution is 2.41. The number of halogens is 1. The Balaban J connectivity index is 1.20. The van der Waals surface area contributed by atoms with E-state index in [4.69, 9.17) is 15.5 Å². The number of aromatic nitrogens is 2. The summed E-state index contributed by atoms with van der Waals surface area (Å²) in [6, 6.07) is 4.25. The van der Waals surface area contributed by atoms with Gasteiger partial charge in [-0.2, -0.15) is 0 Å². The summed E-state index contributed by atoms with van der Waals surface area (Å²) in [5, 5.41) is 14.7. The van der Waals surface area contributed by atoms with Crippen LogP contribution in [0.3, 0.4) is 0 Å². The molecule has 5 heterocycles. The molecular weight excluding hydrogens is 662 g/mol. The number of nitrogens with two attached hydrogens (primary N) is 1. The van der Waals surface area contributed by atoms with E-state index in [1.165, 1.54) is 44.5 Å². The zero-order chi connectivity index (χ0) is 34.5. The molecule has 0 bridgehead atoms. The average molecular weight is 696 g/mol. The predicted octanol–water partition coefficient (Wildman–Crippen LogP) is 3.28. The highest BCUT2D eigenvalue weighted by Gasteiger charge is 2.45. The number of fused-ring (bicyclic) bond motifs is 5. The first kappa shape index (κ1) is 33.7. The van der Waals surface area contributed by atoms with E-state index in [0.717, 1.165) is 0 Å². The van der Waals surface area contributed by atoms with Crippen LogP contribution in [0.15, 0.2) is 35.1 Å². The molecule has 6 rings (SSSR count). The third-order valence-electron chi connectivity index (χ3n) is 8.92. The first-order chi connectivity index (χ1) is 22.7. The van der Waals surface area contributed by atoms with E-state index in [-0.39, 0.29) is 77.3 Å². The number of benzene rings is 1. The van der Waals surface area contributed by atoms with Crippen LogP contribution in [-0.4, -0.2) is 60.3 Å². The standard InChI is InChI=1S/C33H34FN5O7S2/c1-4-33(45)21-12-25-29-19(15-39(25)30(43)20(21)16-46-31(33)44)18(17-11-23(35)22(34)13-24(17)37-29)14-36-26(40)7-8-32(2,3)48-47-10-9-38-27(41)5-6-28(38)42/h5-6,11-13,45H,4,7-10,14-16,35H2,1-3H3,(H,36,40)/t33-/m0/s1. The molecule has 3 aromatic rings. The Labute approximate surface area is 282 Å². The lowest BCUT2D eigenvalue weighted by Crippen LogP contribution is -2.44. The lowest BCUT2D eigenvalue weighted by atomic mass is 9.86. The fourth-order valence-corrected chi connectivity index (χ4v) is 8.64. The number of nitrogen functional groups attached to an aromatic ring is 1. The minimum Gasteiger partial charge on any atom is -0.458 e. The smallest absolute Gasteiger partial charge is 0.343 e. The molecule has 0 saturated carbocycles. The van der Waals surface area contributed by atoms with Crippen molar-refractivity contribution in [3.05, 3.63) is 68.8 Å². The monoisotopic (exact) mass is 695 g/mol. The topological polar surface area (TPSA) is 174 Å². The summed E-state index contributed by atoms with van der Waals surface area (Å²) in [6.07, 6.45) is 3.27. The second-order valence-corrected chi connectivity index (χ2v) is 15.6. The summed E-state index contributed by atoms with van der Waals surface area (Å²) in [5.74, 6) is -1.78. The Hall–Kier alpha value is -4.21. The van der Waals surface area contributed by atoms with Crippen molar-refractivity contribution in [3.8, 4) is 11.4 Å². The van der Waals surface area contributed by atoms with E-state index >= 15 is 0 Å². The van der Waals surface area contributed by atoms with Crippen molar-refractivity contribution in [2.45, 2.75) is 70.1 Å². The molecule has 0 aliphatic carbocycles. The second-order valence-electron chi connectivity index (χ2n) is 12.5. The molecule has 3 aliphatic heterocycles. The minimum absolute atomic E-state index is 0.00611. The number of nitrogens with zero attached hydrogens (tertiary/aromatic N) is 3. The third-order valence-corrected chi connectivity index (χ3v) is 12.3. The van der Waals surface area contributed by atoms with Gasteiger partial charge in [0.1, 0.15) is 12.4 Å². The quantitative estimate of drug-likeness (QED) is 0.0691. The van der Waals surface area contributed by atoms with Crippen molar-refractivity contribution < 1.29 is 33.4 Å². The lowest BCUT2D eigenvalue weighted by molar-refractivity contribution is -0.172. The number of anilines is 1. The lowest BCUT2D eigenvalue weighted by Gasteiger charge is -2.31. The summed E-state index contributed by atoms with van der Waals surface area (Å²) in [7, 11) is 3.10. The van der Waals surface area contributed by atoms with Crippen LogP contribution >= 0.6 is 21.6 Å². The molecular formula is C33H34FN5O7S2. The molecule has 1 aromatic carbocycles. The molecule has 3 amide bonds. The van der Waals surface area contributed by atoms with Gasteiger partial charge in [-0.25, -0.2) is 14.2 Å². The van der Waals surface area contributed by atoms with Crippen molar-refractivity contribution in [3.63, 3.8) is 0 Å². The Bertz CT molecular complexity index is 1980. The first-order valence-electron chi connectivity index (χ1n) is 15.4. The highest BCUT2D eigenvalue weighted by molar-refractivity contribution is 8.77. The van der Waals surface area contributed by atoms with Crippen LogP contribution in [0.1, 0.15) is 62.3 Å². The number of ether oxygens (including phenoxy) is 1. The zero-order valence-electron chi connectivity index (χ0n) is 26.6. The predicted molar refractivity (Wildman–Crippen MR) is 180 cm³/mol. The molecule has 252 valence electrons. The Morgan fingerprint density at radius 1 is 1.17 bits per heavy atom. The van der Waals surface area contributed by atoms with Crippen LogP contribution in [0.25, 0.3) is 22.3 Å². The van der Waals surface area contributed by atoms with Gasteiger partial charge < -0.3 is 25.5 Å². The maximum atomic E-state index is 14.6. The molecule has 1 atom stereocenters. The van der Waals surface area contributed by atoms with Crippen molar-refractivity contribution in [1.29, 1.82) is 0 Å². The largest absolute Gasteiger partial charge is 0.458 e. The summed E-state index contributed by atoms with van der Waals surface area (Å²) < 4.78 is 21.0. The Kier molecular flexibility index (Phi) is 8.89. The van der Waals surface area contributed by atoms with Crippen LogP contribution in [0.2, 0.25) is 0 Å². The number of esters is 1. The highest BCUT2D eigenvalue weighted by atomic mass is 33.1. The maximum absolute atomic E-state index is 14.6. The number of aliphatic hydroxyl groups is 1. The summed E-state index contributed by atoms with van der Waals surface area (Å²) in [4.78, 5) is 68.7. The molecule has 2 aromatic heterocycles. The normalized spacial score (nSPS) is 18.3. The van der Waals surface area contributed by atoms with Crippen molar-refractivity contribution >= 4 is 61.9 Å². The van der Waals surface area contributed by atoms with Crippen molar-refractivity contribution in [2.24, 2.45) is 0 Å². The number of nitrogens with one attached hydrogen (secondary N) is 1. The number of pyridine rings is 2. The van der Waals surface area contributed by atoms with Gasteiger partial charge in [0.05, 0.1) is 34.7 Å². The zero-order valence-corrected chi connectivity index (χ0v) is 28.2. The maximum Gasteiger partial charge on any atom is 0.343 e. The number of carbonyl (C=O) groups is 4. The molecule has 0 saturated heterocycles. The first-order valence-corrected chi connectivity index (χ1v) is 17.7. The number of imide groups is 1. The van der Waals surface area contributed by atoms with Crippen molar-refractivity contribution in [1.82, 2.24) is 19.8 Å². The van der Waals surface area contributed by atoms with Crippen LogP contribution in [0, 0.1) is 5.82 Å². The molecule has 0 unspecified atom stereocenters. The fraction of sp³-hybridized carbons (Fsp3) is 0.394. The van der Waals surface area contributed by atoms with Gasteiger partial charge in [0.25, 0.3) is 17.4 Å². The molecule has 12 nitrogen and oxygen atoms in total. The molecule has 15 heteroatoms. The van der Waals surface area contributed by atoms with E-state index in [2.05, 4.69) is 5.32 Å². The SMILES string of the molecule is CC[C@@]1(O)C(=O)OCc2c1cc1n(c2=O)Cc2c-1nc1cc(F)c(N)cc1c2CNC(=O)CCC(C)(C)SSCCN1C(=O)C=CC1=O. The number of amides is 3. The summed E-state index contributed by atoms with van der Waals surface area (Å²) in [6.45, 7) is 5.84. The van der Waals surface area contributed by atoms with Crippen LogP contribution < -0.4 is 16.6 Å². The van der Waals surface area contributed by atoms with Gasteiger partial charge in [-0.3, -0.25) is 24.1 Å². The minimum atomic E-state index is -1.99. The number of carbonyl (C=O) groups excluding carboxylic acids is 4. The van der Waals surface area contributed by atoms with E-state index in [0.29, 0.717) is 46.6 Å². The molecule has 4 N–H and O–H groups in total. The molecule has 0 radical (unpaired) electrons. The van der Waals surface area contributed by atoms with Crippen LogP contribution in [-0.2, 0) is 49.2 Å². The van der Waals surface area contributed by atoms with E-state index in [9.17, 15) is 33.5 Å². The molecule has 3 aliphatic rings. The van der Waals surface area contributed by atoms with Crippen LogP contribution in [0.4, 0.5) is 10.1 Å². The fourth-order valence-electron chi connectivity index (χ4n) is 6.11. The van der Waals surface area contributed by atoms with Gasteiger partial charge in [0, 0.05) is 64.7 Å². The second kappa shape index (κ2) is 12.7.